The van der Waals surface area contributed by atoms with Crippen molar-refractivity contribution >= 4 is 22.4 Å². The van der Waals surface area contributed by atoms with E-state index in [1.807, 2.05) is 55.6 Å². The van der Waals surface area contributed by atoms with E-state index in [9.17, 15) is 4.79 Å². The van der Waals surface area contributed by atoms with Crippen LogP contribution in [0.4, 0.5) is 5.13 Å². The van der Waals surface area contributed by atoms with Crippen molar-refractivity contribution in [1.82, 2.24) is 15.0 Å². The van der Waals surface area contributed by atoms with Crippen molar-refractivity contribution in [2.45, 2.75) is 13.8 Å². The van der Waals surface area contributed by atoms with Gasteiger partial charge < -0.3 is 4.42 Å². The highest BCUT2D eigenvalue weighted by Crippen LogP contribution is 2.28. The van der Waals surface area contributed by atoms with Gasteiger partial charge in [0.25, 0.3) is 5.91 Å². The van der Waals surface area contributed by atoms with Crippen LogP contribution in [0.25, 0.3) is 22.6 Å². The lowest BCUT2D eigenvalue weighted by molar-refractivity contribution is 0.0997. The van der Waals surface area contributed by atoms with E-state index in [0.717, 1.165) is 28.1 Å². The van der Waals surface area contributed by atoms with Gasteiger partial charge in [-0.25, -0.2) is 9.97 Å². The van der Waals surface area contributed by atoms with E-state index in [0.29, 0.717) is 10.8 Å². The Hall–Kier alpha value is -3.32. The van der Waals surface area contributed by atoms with Gasteiger partial charge in [0.1, 0.15) is 11.4 Å². The van der Waals surface area contributed by atoms with Crippen molar-refractivity contribution in [3.63, 3.8) is 0 Å². The molecule has 0 radical (unpaired) electrons. The van der Waals surface area contributed by atoms with Gasteiger partial charge in [0.05, 0.1) is 5.69 Å². The zero-order chi connectivity index (χ0) is 18.8. The first kappa shape index (κ1) is 17.1. The van der Waals surface area contributed by atoms with Crippen molar-refractivity contribution < 1.29 is 9.21 Å². The van der Waals surface area contributed by atoms with Gasteiger partial charge >= 0.3 is 0 Å². The molecule has 0 aliphatic carbocycles. The number of amides is 1. The third-order valence-electron chi connectivity index (χ3n) is 4.15. The number of carbonyl (C=O) groups is 1. The second kappa shape index (κ2) is 7.13. The molecule has 0 saturated carbocycles. The molecule has 134 valence electrons. The number of carbonyl (C=O) groups excluding carboxylic acids is 1. The van der Waals surface area contributed by atoms with Crippen LogP contribution in [0, 0.1) is 13.8 Å². The molecule has 0 saturated heterocycles. The summed E-state index contributed by atoms with van der Waals surface area (Å²) >= 11 is 1.34. The average Bonchev–Trinajstić information content (AvgIpc) is 3.32. The van der Waals surface area contributed by atoms with Crippen LogP contribution in [0.5, 0.6) is 0 Å². The van der Waals surface area contributed by atoms with Gasteiger partial charge in [-0.3, -0.25) is 15.1 Å². The van der Waals surface area contributed by atoms with Gasteiger partial charge in [-0.1, -0.05) is 30.3 Å². The Morgan fingerprint density at radius 2 is 1.85 bits per heavy atom. The minimum atomic E-state index is -0.385. The molecule has 3 heterocycles. The Bertz CT molecular complexity index is 1120. The summed E-state index contributed by atoms with van der Waals surface area (Å²) in [6, 6.07) is 11.6. The Balaban J connectivity index is 1.59. The molecule has 1 amide bonds. The largest absolute Gasteiger partial charge is 0.438 e. The van der Waals surface area contributed by atoms with Crippen LogP contribution in [0.15, 0.2) is 58.8 Å². The van der Waals surface area contributed by atoms with E-state index < -0.39 is 0 Å². The summed E-state index contributed by atoms with van der Waals surface area (Å²) in [5, 5.41) is 5.14. The van der Waals surface area contributed by atoms with Gasteiger partial charge in [0.15, 0.2) is 11.5 Å². The number of nitrogens with zero attached hydrogens (tertiary/aromatic N) is 3. The molecule has 0 spiro atoms. The molecule has 0 atom stereocenters. The van der Waals surface area contributed by atoms with E-state index in [4.69, 9.17) is 4.42 Å². The summed E-state index contributed by atoms with van der Waals surface area (Å²) in [4.78, 5) is 25.7. The Morgan fingerprint density at radius 3 is 2.67 bits per heavy atom. The maximum atomic E-state index is 12.7. The van der Waals surface area contributed by atoms with E-state index in [1.54, 1.807) is 6.20 Å². The van der Waals surface area contributed by atoms with Crippen LogP contribution in [-0.2, 0) is 0 Å². The monoisotopic (exact) mass is 376 g/mol. The number of hydrogen-bond acceptors (Lipinski definition) is 6. The van der Waals surface area contributed by atoms with Crippen LogP contribution in [-0.4, -0.2) is 20.9 Å². The molecule has 0 unspecified atom stereocenters. The predicted octanol–water partition coefficient (Wildman–Crippen LogP) is 4.73. The number of aryl methyl sites for hydroxylation is 2. The molecule has 4 rings (SSSR count). The second-order valence-electron chi connectivity index (χ2n) is 6.01. The molecular formula is C20H16N4O2S. The van der Waals surface area contributed by atoms with Gasteiger partial charge in [0, 0.05) is 17.1 Å². The third-order valence-corrected chi connectivity index (χ3v) is 4.91. The SMILES string of the molecule is Cc1ccccc1-c1ncoc1C(=O)Nc1nc(-c2ncccc2C)cs1. The van der Waals surface area contributed by atoms with Gasteiger partial charge in [-0.2, -0.15) is 0 Å². The quantitative estimate of drug-likeness (QED) is 0.557. The summed E-state index contributed by atoms with van der Waals surface area (Å²) in [5.74, 6) is -0.223. The number of benzene rings is 1. The second-order valence-corrected chi connectivity index (χ2v) is 6.86. The first-order chi connectivity index (χ1) is 13.1. The normalized spacial score (nSPS) is 10.7. The maximum Gasteiger partial charge on any atom is 0.295 e. The lowest BCUT2D eigenvalue weighted by Crippen LogP contribution is -2.12. The topological polar surface area (TPSA) is 80.9 Å². The summed E-state index contributed by atoms with van der Waals surface area (Å²) in [7, 11) is 0. The molecular weight excluding hydrogens is 360 g/mol. The van der Waals surface area contributed by atoms with E-state index in [1.165, 1.54) is 17.7 Å². The Kier molecular flexibility index (Phi) is 4.52. The number of nitrogens with one attached hydrogen (secondary N) is 1. The summed E-state index contributed by atoms with van der Waals surface area (Å²) < 4.78 is 5.36. The lowest BCUT2D eigenvalue weighted by Gasteiger charge is -2.04. The fourth-order valence-corrected chi connectivity index (χ4v) is 3.48. The highest BCUT2D eigenvalue weighted by Gasteiger charge is 2.21. The van der Waals surface area contributed by atoms with Gasteiger partial charge in [-0.15, -0.1) is 11.3 Å². The lowest BCUT2D eigenvalue weighted by atomic mass is 10.0. The third kappa shape index (κ3) is 3.37. The van der Waals surface area contributed by atoms with Crippen LogP contribution in [0.3, 0.4) is 0 Å². The van der Waals surface area contributed by atoms with Crippen molar-refractivity contribution in [3.8, 4) is 22.6 Å². The molecule has 1 N–H and O–H groups in total. The predicted molar refractivity (Wildman–Crippen MR) is 105 cm³/mol. The molecule has 3 aromatic heterocycles. The van der Waals surface area contributed by atoms with Crippen LogP contribution < -0.4 is 5.32 Å². The number of anilines is 1. The van der Waals surface area contributed by atoms with Crippen LogP contribution in [0.2, 0.25) is 0 Å². The Morgan fingerprint density at radius 1 is 1.04 bits per heavy atom. The summed E-state index contributed by atoms with van der Waals surface area (Å²) in [5.41, 5.74) is 4.95. The number of pyridine rings is 1. The first-order valence-corrected chi connectivity index (χ1v) is 9.20. The zero-order valence-electron chi connectivity index (χ0n) is 14.8. The standard InChI is InChI=1S/C20H16N4O2S/c1-12-6-3-4-8-14(12)17-18(26-11-22-17)19(25)24-20-23-15(10-27-20)16-13(2)7-5-9-21-16/h3-11H,1-2H3,(H,23,24,25). The smallest absolute Gasteiger partial charge is 0.295 e. The molecule has 1 aromatic carbocycles. The van der Waals surface area contributed by atoms with Crippen molar-refractivity contribution in [1.29, 1.82) is 0 Å². The summed E-state index contributed by atoms with van der Waals surface area (Å²) in [6.07, 6.45) is 3.00. The Labute approximate surface area is 160 Å². The van der Waals surface area contributed by atoms with Gasteiger partial charge in [0.2, 0.25) is 5.76 Å². The van der Waals surface area contributed by atoms with Crippen molar-refractivity contribution in [2.75, 3.05) is 5.32 Å². The van der Waals surface area contributed by atoms with E-state index in [-0.39, 0.29) is 11.7 Å². The molecule has 27 heavy (non-hydrogen) atoms. The fraction of sp³-hybridized carbons (Fsp3) is 0.100. The van der Waals surface area contributed by atoms with Crippen LogP contribution >= 0.6 is 11.3 Å². The minimum absolute atomic E-state index is 0.162. The first-order valence-electron chi connectivity index (χ1n) is 8.32. The zero-order valence-corrected chi connectivity index (χ0v) is 15.6. The molecule has 4 aromatic rings. The molecule has 7 heteroatoms. The average molecular weight is 376 g/mol. The minimum Gasteiger partial charge on any atom is -0.438 e. The highest BCUT2D eigenvalue weighted by atomic mass is 32.1. The number of rotatable bonds is 4. The molecule has 0 aliphatic heterocycles. The number of oxazole rings is 1. The summed E-state index contributed by atoms with van der Waals surface area (Å²) in [6.45, 7) is 3.94. The van der Waals surface area contributed by atoms with Gasteiger partial charge in [-0.05, 0) is 31.0 Å². The van der Waals surface area contributed by atoms with Crippen molar-refractivity contribution in [2.24, 2.45) is 0 Å². The van der Waals surface area contributed by atoms with Crippen molar-refractivity contribution in [3.05, 3.63) is 71.3 Å². The number of hydrogen-bond donors (Lipinski definition) is 1. The molecule has 0 fully saturated rings. The molecule has 0 bridgehead atoms. The fourth-order valence-electron chi connectivity index (χ4n) is 2.79. The number of aromatic nitrogens is 3. The van der Waals surface area contributed by atoms with E-state index in [2.05, 4.69) is 20.3 Å². The maximum absolute atomic E-state index is 12.7. The van der Waals surface area contributed by atoms with E-state index >= 15 is 0 Å². The molecule has 6 nitrogen and oxygen atoms in total. The highest BCUT2D eigenvalue weighted by molar-refractivity contribution is 7.14. The number of thiazole rings is 1. The molecule has 0 aliphatic rings. The van der Waals surface area contributed by atoms with Crippen LogP contribution in [0.1, 0.15) is 21.7 Å².